The zero-order valence-electron chi connectivity index (χ0n) is 18.3. The summed E-state index contributed by atoms with van der Waals surface area (Å²) >= 11 is 12.4. The number of Topliss-reactive ketones (excluding diaryl/α,β-unsaturated/α-hetero) is 1. The number of rotatable bonds is 9. The van der Waals surface area contributed by atoms with Crippen LogP contribution in [0.25, 0.3) is 0 Å². The number of pyridine rings is 1. The summed E-state index contributed by atoms with van der Waals surface area (Å²) in [6, 6.07) is 12.3. The molecule has 1 heterocycles. The van der Waals surface area contributed by atoms with Crippen molar-refractivity contribution in [3.8, 4) is 17.2 Å². The minimum absolute atomic E-state index is 0.0934. The summed E-state index contributed by atoms with van der Waals surface area (Å²) in [5, 5.41) is 0.553. The summed E-state index contributed by atoms with van der Waals surface area (Å²) in [6.45, 7) is -0.327. The predicted molar refractivity (Wildman–Crippen MR) is 127 cm³/mol. The number of carbonyl (C=O) groups excluding carboxylic acids is 2. The highest BCUT2D eigenvalue weighted by Gasteiger charge is 2.24. The van der Waals surface area contributed by atoms with E-state index in [9.17, 15) is 9.59 Å². The third kappa shape index (κ3) is 5.56. The molecule has 0 N–H and O–H groups in total. The number of halogens is 2. The zero-order chi connectivity index (χ0) is 24.0. The van der Waals surface area contributed by atoms with E-state index in [1.165, 1.54) is 31.5 Å². The fourth-order valence-corrected chi connectivity index (χ4v) is 3.65. The van der Waals surface area contributed by atoms with E-state index >= 15 is 0 Å². The molecule has 0 fully saturated rings. The van der Waals surface area contributed by atoms with Crippen molar-refractivity contribution < 1.29 is 23.8 Å². The molecule has 0 aliphatic heterocycles. The first kappa shape index (κ1) is 24.4. The molecule has 0 radical (unpaired) electrons. The van der Waals surface area contributed by atoms with Gasteiger partial charge in [0.2, 0.25) is 5.75 Å². The van der Waals surface area contributed by atoms with Gasteiger partial charge in [0.25, 0.3) is 5.91 Å². The van der Waals surface area contributed by atoms with Crippen LogP contribution in [-0.2, 0) is 11.2 Å². The van der Waals surface area contributed by atoms with Crippen LogP contribution < -0.4 is 19.1 Å². The van der Waals surface area contributed by atoms with Gasteiger partial charge in [0.1, 0.15) is 0 Å². The molecular weight excluding hydrogens is 467 g/mol. The number of likely N-dealkylation sites (N-methyl/N-ethyl adjacent to an activating group) is 1. The van der Waals surface area contributed by atoms with Crippen molar-refractivity contribution in [2.45, 2.75) is 6.42 Å². The van der Waals surface area contributed by atoms with Crippen LogP contribution in [-0.4, -0.2) is 44.5 Å². The largest absolute Gasteiger partial charge is 0.493 e. The third-order valence-electron chi connectivity index (χ3n) is 4.95. The minimum atomic E-state index is -0.329. The lowest BCUT2D eigenvalue weighted by Crippen LogP contribution is -2.31. The maximum atomic E-state index is 13.2. The maximum absolute atomic E-state index is 13.2. The Morgan fingerprint density at radius 1 is 0.939 bits per heavy atom. The molecule has 0 unspecified atom stereocenters. The number of nitrogens with zero attached hydrogens (tertiary/aromatic N) is 2. The summed E-state index contributed by atoms with van der Waals surface area (Å²) in [5.41, 5.74) is 1.35. The van der Waals surface area contributed by atoms with Crippen LogP contribution in [0.1, 0.15) is 15.9 Å². The van der Waals surface area contributed by atoms with E-state index < -0.39 is 0 Å². The molecule has 0 atom stereocenters. The molecule has 0 aliphatic carbocycles. The van der Waals surface area contributed by atoms with E-state index in [1.54, 1.807) is 31.3 Å². The second-order valence-corrected chi connectivity index (χ2v) is 7.75. The summed E-state index contributed by atoms with van der Waals surface area (Å²) in [6.07, 6.45) is 2.74. The van der Waals surface area contributed by atoms with Crippen LogP contribution in [0.2, 0.25) is 10.0 Å². The van der Waals surface area contributed by atoms with Crippen molar-refractivity contribution in [1.82, 2.24) is 4.98 Å². The Balaban J connectivity index is 1.90. The molecule has 172 valence electrons. The van der Waals surface area contributed by atoms with Gasteiger partial charge in [-0.2, -0.15) is 0 Å². The highest BCUT2D eigenvalue weighted by Crippen LogP contribution is 2.41. The van der Waals surface area contributed by atoms with Gasteiger partial charge in [-0.05, 0) is 24.3 Å². The van der Waals surface area contributed by atoms with Crippen molar-refractivity contribution in [3.63, 3.8) is 0 Å². The van der Waals surface area contributed by atoms with Gasteiger partial charge < -0.3 is 19.1 Å². The summed E-state index contributed by atoms with van der Waals surface area (Å²) in [4.78, 5) is 31.3. The molecule has 3 aromatic rings. The second kappa shape index (κ2) is 11.0. The summed E-state index contributed by atoms with van der Waals surface area (Å²) < 4.78 is 16.6. The molecule has 0 spiro atoms. The average molecular weight is 489 g/mol. The lowest BCUT2D eigenvalue weighted by Gasteiger charge is -2.20. The van der Waals surface area contributed by atoms with Crippen LogP contribution in [0.3, 0.4) is 0 Å². The second-order valence-electron chi connectivity index (χ2n) is 6.94. The van der Waals surface area contributed by atoms with Crippen LogP contribution in [0.5, 0.6) is 17.2 Å². The van der Waals surface area contributed by atoms with Crippen molar-refractivity contribution in [2.24, 2.45) is 0 Å². The first-order chi connectivity index (χ1) is 15.9. The number of ether oxygens (including phenoxy) is 3. The average Bonchev–Trinajstić information content (AvgIpc) is 2.84. The molecule has 7 nitrogen and oxygen atoms in total. The highest BCUT2D eigenvalue weighted by atomic mass is 35.5. The van der Waals surface area contributed by atoms with E-state index in [0.29, 0.717) is 17.0 Å². The predicted octanol–water partition coefficient (Wildman–Crippen LogP) is 4.87. The molecule has 2 aromatic carbocycles. The number of methoxy groups -OCH3 is 2. The van der Waals surface area contributed by atoms with Gasteiger partial charge in [0.05, 0.1) is 29.8 Å². The Bertz CT molecular complexity index is 1130. The first-order valence-electron chi connectivity index (χ1n) is 9.87. The molecule has 33 heavy (non-hydrogen) atoms. The number of carbonyl (C=O) groups is 2. The molecular formula is C24H22Cl2N2O5. The Labute approximate surface area is 201 Å². The highest BCUT2D eigenvalue weighted by molar-refractivity contribution is 6.36. The fourth-order valence-electron chi connectivity index (χ4n) is 3.15. The lowest BCUT2D eigenvalue weighted by molar-refractivity contribution is -0.120. The lowest BCUT2D eigenvalue weighted by atomic mass is 10.0. The molecule has 9 heteroatoms. The van der Waals surface area contributed by atoms with E-state index in [2.05, 4.69) is 4.98 Å². The molecule has 1 amide bonds. The van der Waals surface area contributed by atoms with Crippen LogP contribution in [0.15, 0.2) is 54.9 Å². The van der Waals surface area contributed by atoms with Crippen molar-refractivity contribution >= 4 is 40.6 Å². The normalized spacial score (nSPS) is 10.5. The number of anilines is 1. The number of amides is 1. The topological polar surface area (TPSA) is 78.0 Å². The SMILES string of the molecule is COc1ccc(C(=O)Cc2c(Cl)cncc2Cl)c(OCC(=O)N(C)c2ccccc2)c1OC. The quantitative estimate of drug-likeness (QED) is 0.399. The van der Waals surface area contributed by atoms with Crippen LogP contribution >= 0.6 is 23.2 Å². The number of benzene rings is 2. The van der Waals surface area contributed by atoms with E-state index in [-0.39, 0.29) is 51.8 Å². The monoisotopic (exact) mass is 488 g/mol. The smallest absolute Gasteiger partial charge is 0.264 e. The number of para-hydroxylation sites is 1. The maximum Gasteiger partial charge on any atom is 0.264 e. The van der Waals surface area contributed by atoms with Gasteiger partial charge in [-0.1, -0.05) is 41.4 Å². The molecule has 1 aromatic heterocycles. The Morgan fingerprint density at radius 2 is 1.61 bits per heavy atom. The third-order valence-corrected chi connectivity index (χ3v) is 5.60. The fraction of sp³-hybridized carbons (Fsp3) is 0.208. The van der Waals surface area contributed by atoms with Gasteiger partial charge in [0.15, 0.2) is 23.9 Å². The Morgan fingerprint density at radius 3 is 2.21 bits per heavy atom. The van der Waals surface area contributed by atoms with Crippen LogP contribution in [0, 0.1) is 0 Å². The van der Waals surface area contributed by atoms with Gasteiger partial charge in [0, 0.05) is 37.1 Å². The van der Waals surface area contributed by atoms with Crippen molar-refractivity contribution in [3.05, 3.63) is 76.0 Å². The summed E-state index contributed by atoms with van der Waals surface area (Å²) in [5.74, 6) is 0.00537. The van der Waals surface area contributed by atoms with Gasteiger partial charge in [-0.15, -0.1) is 0 Å². The van der Waals surface area contributed by atoms with Crippen LogP contribution in [0.4, 0.5) is 5.69 Å². The molecule has 0 bridgehead atoms. The molecule has 0 saturated carbocycles. The minimum Gasteiger partial charge on any atom is -0.493 e. The summed E-state index contributed by atoms with van der Waals surface area (Å²) in [7, 11) is 4.53. The van der Waals surface area contributed by atoms with E-state index in [4.69, 9.17) is 37.4 Å². The standard InChI is InChI=1S/C24H22Cl2N2O5/c1-28(15-7-5-4-6-8-15)22(30)14-33-23-16(9-10-21(31-2)24(23)32-3)20(29)11-17-18(25)12-27-13-19(17)26/h4-10,12-13H,11,14H2,1-3H3. The van der Waals surface area contributed by atoms with E-state index in [0.717, 1.165) is 0 Å². The molecule has 3 rings (SSSR count). The van der Waals surface area contributed by atoms with Crippen molar-refractivity contribution in [2.75, 3.05) is 32.8 Å². The Hall–Kier alpha value is -3.29. The molecule has 0 saturated heterocycles. The zero-order valence-corrected chi connectivity index (χ0v) is 19.8. The number of ketones is 1. The number of hydrogen-bond donors (Lipinski definition) is 0. The first-order valence-corrected chi connectivity index (χ1v) is 10.6. The van der Waals surface area contributed by atoms with Gasteiger partial charge >= 0.3 is 0 Å². The van der Waals surface area contributed by atoms with Gasteiger partial charge in [-0.3, -0.25) is 14.6 Å². The van der Waals surface area contributed by atoms with Crippen molar-refractivity contribution in [1.29, 1.82) is 0 Å². The van der Waals surface area contributed by atoms with Gasteiger partial charge in [-0.25, -0.2) is 0 Å². The van der Waals surface area contributed by atoms with E-state index in [1.807, 2.05) is 18.2 Å². The number of aromatic nitrogens is 1. The Kier molecular flexibility index (Phi) is 8.14. The molecule has 0 aliphatic rings. The number of hydrogen-bond acceptors (Lipinski definition) is 6.